The molecule has 0 heterocycles. The van der Waals surface area contributed by atoms with Crippen LogP contribution in [0.5, 0.6) is 0 Å². The Morgan fingerprint density at radius 2 is 0.845 bits per heavy atom. The predicted molar refractivity (Wildman–Crippen MR) is 309 cm³/mol. The second kappa shape index (κ2) is 52.8. The van der Waals surface area contributed by atoms with E-state index in [0.29, 0.717) is 23.9 Å². The number of quaternary nitrogens is 1. The molecule has 0 bridgehead atoms. The number of amides is 1. The molecule has 0 aromatic heterocycles. The van der Waals surface area contributed by atoms with E-state index in [1.54, 1.807) is 0 Å². The Balaban J connectivity index is 3.78. The molecule has 0 aliphatic carbocycles. The van der Waals surface area contributed by atoms with E-state index in [0.717, 1.165) is 77.0 Å². The molecule has 0 fully saturated rings. The number of rotatable bonds is 54. The van der Waals surface area contributed by atoms with E-state index in [4.69, 9.17) is 9.05 Å². The minimum absolute atomic E-state index is 0.0745. The minimum Gasteiger partial charge on any atom is -0.391 e. The van der Waals surface area contributed by atoms with Crippen molar-refractivity contribution in [2.45, 2.75) is 276 Å². The van der Waals surface area contributed by atoms with Crippen molar-refractivity contribution in [3.63, 3.8) is 0 Å². The van der Waals surface area contributed by atoms with E-state index in [2.05, 4.69) is 92.1 Å². The zero-order valence-corrected chi connectivity index (χ0v) is 48.1. The van der Waals surface area contributed by atoms with E-state index in [1.807, 2.05) is 21.1 Å². The quantitative estimate of drug-likeness (QED) is 0.0243. The molecule has 71 heavy (non-hydrogen) atoms. The minimum atomic E-state index is -4.31. The second-order valence-corrected chi connectivity index (χ2v) is 22.8. The van der Waals surface area contributed by atoms with Crippen molar-refractivity contribution in [3.8, 4) is 0 Å². The molecular formula is C62H116N2O6P+. The lowest BCUT2D eigenvalue weighted by atomic mass is 10.0. The zero-order chi connectivity index (χ0) is 52.0. The van der Waals surface area contributed by atoms with E-state index >= 15 is 0 Å². The van der Waals surface area contributed by atoms with Crippen LogP contribution in [-0.2, 0) is 18.4 Å². The molecule has 0 saturated heterocycles. The van der Waals surface area contributed by atoms with Crippen LogP contribution in [0.25, 0.3) is 0 Å². The van der Waals surface area contributed by atoms with Crippen LogP contribution in [-0.4, -0.2) is 73.4 Å². The molecule has 3 atom stereocenters. The number of phosphoric acid groups is 1. The summed E-state index contributed by atoms with van der Waals surface area (Å²) in [6.07, 6.45) is 73.0. The van der Waals surface area contributed by atoms with Crippen LogP contribution in [0.2, 0.25) is 0 Å². The Morgan fingerprint density at radius 3 is 1.24 bits per heavy atom. The maximum absolute atomic E-state index is 12.9. The highest BCUT2D eigenvalue weighted by Crippen LogP contribution is 2.43. The molecule has 414 valence electrons. The molecule has 3 unspecified atom stereocenters. The summed E-state index contributed by atoms with van der Waals surface area (Å²) in [5.74, 6) is -0.145. The highest BCUT2D eigenvalue weighted by Gasteiger charge is 2.28. The standard InChI is InChI=1S/C62H115N2O6P/c1-6-8-10-12-14-16-17-18-19-20-21-22-23-24-25-26-27-28-29-30-31-32-33-34-35-36-37-38-39-40-41-42-43-44-45-46-47-48-50-52-54-56-62(66)63-60(59-70-71(67,68)69-58-57-64(3,4)5)61(65)55-53-51-49-15-13-11-9-7-2/h8,10,14,16,18-19,21-22,24-25,27-28,60-61,65H,6-7,9,11-13,15,17,20,23,26,29-59H2,1-5H3,(H-,63,66,67,68)/p+1/b10-8-,16-14-,19-18-,22-21-,25-24-,28-27-. The number of hydrogen-bond donors (Lipinski definition) is 3. The van der Waals surface area contributed by atoms with Gasteiger partial charge in [-0.3, -0.25) is 13.8 Å². The first kappa shape index (κ1) is 68.9. The lowest BCUT2D eigenvalue weighted by Gasteiger charge is -2.26. The molecule has 3 N–H and O–H groups in total. The lowest BCUT2D eigenvalue weighted by Crippen LogP contribution is -2.46. The Labute approximate surface area is 440 Å². The summed E-state index contributed by atoms with van der Waals surface area (Å²) in [4.78, 5) is 23.2. The van der Waals surface area contributed by atoms with Gasteiger partial charge in [-0.05, 0) is 64.2 Å². The van der Waals surface area contributed by atoms with Gasteiger partial charge in [0.1, 0.15) is 13.2 Å². The number of allylic oxidation sites excluding steroid dienone is 12. The van der Waals surface area contributed by atoms with Gasteiger partial charge in [-0.25, -0.2) is 4.57 Å². The van der Waals surface area contributed by atoms with Gasteiger partial charge in [-0.1, -0.05) is 267 Å². The number of nitrogens with one attached hydrogen (secondary N) is 1. The van der Waals surface area contributed by atoms with Gasteiger partial charge in [0.15, 0.2) is 0 Å². The Morgan fingerprint density at radius 1 is 0.493 bits per heavy atom. The van der Waals surface area contributed by atoms with Gasteiger partial charge in [0, 0.05) is 6.42 Å². The third-order valence-electron chi connectivity index (χ3n) is 13.2. The Bertz CT molecular complexity index is 1380. The molecule has 9 heteroatoms. The fourth-order valence-electron chi connectivity index (χ4n) is 8.58. The maximum Gasteiger partial charge on any atom is 0.472 e. The van der Waals surface area contributed by atoms with Crippen molar-refractivity contribution in [1.29, 1.82) is 0 Å². The molecule has 0 spiro atoms. The first-order valence-electron chi connectivity index (χ1n) is 29.8. The number of unbranched alkanes of at least 4 members (excludes halogenated alkanes) is 29. The summed E-state index contributed by atoms with van der Waals surface area (Å²) in [5.41, 5.74) is 0. The predicted octanol–water partition coefficient (Wildman–Crippen LogP) is 18.3. The van der Waals surface area contributed by atoms with Gasteiger partial charge in [0.25, 0.3) is 0 Å². The molecule has 1 amide bonds. The topological polar surface area (TPSA) is 105 Å². The largest absolute Gasteiger partial charge is 0.472 e. The van der Waals surface area contributed by atoms with Gasteiger partial charge in [0.2, 0.25) is 5.91 Å². The zero-order valence-electron chi connectivity index (χ0n) is 47.2. The van der Waals surface area contributed by atoms with Gasteiger partial charge in [0.05, 0.1) is 39.9 Å². The van der Waals surface area contributed by atoms with Crippen LogP contribution in [0.1, 0.15) is 264 Å². The molecule has 0 saturated carbocycles. The van der Waals surface area contributed by atoms with E-state index in [9.17, 15) is 19.4 Å². The molecule has 0 rings (SSSR count). The van der Waals surface area contributed by atoms with Gasteiger partial charge in [-0.15, -0.1) is 0 Å². The third-order valence-corrected chi connectivity index (χ3v) is 14.2. The summed E-state index contributed by atoms with van der Waals surface area (Å²) in [6.45, 7) is 4.75. The first-order valence-corrected chi connectivity index (χ1v) is 31.3. The fourth-order valence-corrected chi connectivity index (χ4v) is 9.32. The smallest absolute Gasteiger partial charge is 0.391 e. The number of aliphatic hydroxyl groups excluding tert-OH is 1. The molecule has 0 aliphatic rings. The number of aliphatic hydroxyl groups is 1. The second-order valence-electron chi connectivity index (χ2n) is 21.3. The number of carbonyl (C=O) groups excluding carboxylic acids is 1. The van der Waals surface area contributed by atoms with Crippen LogP contribution in [0.15, 0.2) is 72.9 Å². The van der Waals surface area contributed by atoms with Crippen molar-refractivity contribution >= 4 is 13.7 Å². The van der Waals surface area contributed by atoms with Crippen LogP contribution in [0, 0.1) is 0 Å². The van der Waals surface area contributed by atoms with Crippen molar-refractivity contribution < 1.29 is 32.9 Å². The van der Waals surface area contributed by atoms with Gasteiger partial charge < -0.3 is 19.8 Å². The third kappa shape index (κ3) is 55.5. The summed E-state index contributed by atoms with van der Waals surface area (Å²) in [6, 6.07) is -0.758. The monoisotopic (exact) mass is 1020 g/mol. The lowest BCUT2D eigenvalue weighted by molar-refractivity contribution is -0.870. The summed E-state index contributed by atoms with van der Waals surface area (Å²) < 4.78 is 23.6. The van der Waals surface area contributed by atoms with E-state index < -0.39 is 20.0 Å². The normalized spacial score (nSPS) is 14.4. The SMILES string of the molecule is CC/C=C\C/C=C\C/C=C\C/C=C\C/C=C\C/C=C\CCCCCCCCCCCCCCCCCCCCCCCCC(=O)NC(COP(=O)(O)OCC[N+](C)(C)C)C(O)CCCCCCCCCC. The van der Waals surface area contributed by atoms with Crippen molar-refractivity contribution in [2.75, 3.05) is 40.9 Å². The van der Waals surface area contributed by atoms with Gasteiger partial charge >= 0.3 is 7.82 Å². The van der Waals surface area contributed by atoms with Crippen LogP contribution in [0.4, 0.5) is 0 Å². The maximum atomic E-state index is 12.9. The number of likely N-dealkylation sites (N-methyl/N-ethyl adjacent to an activating group) is 1. The summed E-state index contributed by atoms with van der Waals surface area (Å²) >= 11 is 0. The van der Waals surface area contributed by atoms with Crippen molar-refractivity contribution in [3.05, 3.63) is 72.9 Å². The average molecular weight is 1020 g/mol. The number of carbonyl (C=O) groups is 1. The molecule has 8 nitrogen and oxygen atoms in total. The molecule has 0 aromatic carbocycles. The highest BCUT2D eigenvalue weighted by molar-refractivity contribution is 7.47. The van der Waals surface area contributed by atoms with E-state index in [1.165, 1.54) is 161 Å². The van der Waals surface area contributed by atoms with Crippen LogP contribution >= 0.6 is 7.82 Å². The molecule has 0 radical (unpaired) electrons. The number of phosphoric ester groups is 1. The Kier molecular flexibility index (Phi) is 51.3. The molecular weight excluding hydrogens is 900 g/mol. The Hall–Kier alpha value is -2.06. The van der Waals surface area contributed by atoms with Crippen molar-refractivity contribution in [2.24, 2.45) is 0 Å². The molecule has 0 aromatic rings. The van der Waals surface area contributed by atoms with Crippen LogP contribution in [0.3, 0.4) is 0 Å². The van der Waals surface area contributed by atoms with Crippen molar-refractivity contribution in [1.82, 2.24) is 5.32 Å². The number of hydrogen-bond acceptors (Lipinski definition) is 5. The summed E-state index contributed by atoms with van der Waals surface area (Å²) in [7, 11) is 1.62. The summed E-state index contributed by atoms with van der Waals surface area (Å²) in [5, 5.41) is 13.9. The first-order chi connectivity index (χ1) is 34.5. The molecule has 0 aliphatic heterocycles. The van der Waals surface area contributed by atoms with E-state index in [-0.39, 0.29) is 19.1 Å². The van der Waals surface area contributed by atoms with Gasteiger partial charge in [-0.2, -0.15) is 0 Å². The average Bonchev–Trinajstić information content (AvgIpc) is 3.33. The fraction of sp³-hybridized carbons (Fsp3) is 0.790. The van der Waals surface area contributed by atoms with Crippen LogP contribution < -0.4 is 5.32 Å². The number of nitrogens with zero attached hydrogens (tertiary/aromatic N) is 1. The highest BCUT2D eigenvalue weighted by atomic mass is 31.2.